The van der Waals surface area contributed by atoms with Crippen molar-refractivity contribution in [3.63, 3.8) is 0 Å². The van der Waals surface area contributed by atoms with Gasteiger partial charge >= 0.3 is 5.88 Å². The molecule has 2 N–H and O–H groups in total. The van der Waals surface area contributed by atoms with Crippen molar-refractivity contribution in [2.24, 2.45) is 16.8 Å². The van der Waals surface area contributed by atoms with Gasteiger partial charge in [0.1, 0.15) is 5.82 Å². The second-order valence-electron chi connectivity index (χ2n) is 8.52. The molecule has 1 aromatic carbocycles. The molecule has 0 amide bonds. The second-order valence-corrected chi connectivity index (χ2v) is 9.85. The molecule has 0 radical (unpaired) electrons. The van der Waals surface area contributed by atoms with E-state index in [0.717, 1.165) is 24.8 Å². The van der Waals surface area contributed by atoms with Gasteiger partial charge in [0.25, 0.3) is 0 Å². The zero-order valence-electron chi connectivity index (χ0n) is 18.2. The van der Waals surface area contributed by atoms with Crippen LogP contribution in [0.4, 0.5) is 10.1 Å². The quantitative estimate of drug-likeness (QED) is 0.590. The Hall–Kier alpha value is -2.20. The number of rotatable bonds is 5. The smallest absolute Gasteiger partial charge is 0.317 e. The monoisotopic (exact) mass is 492 g/mol. The summed E-state index contributed by atoms with van der Waals surface area (Å²) in [6.45, 7) is 2.60. The fourth-order valence-corrected chi connectivity index (χ4v) is 5.90. The average molecular weight is 493 g/mol. The minimum atomic E-state index is -1.58. The Kier molecular flexibility index (Phi) is 6.56. The lowest BCUT2D eigenvalue weighted by Crippen LogP contribution is -2.47. The number of benzene rings is 1. The summed E-state index contributed by atoms with van der Waals surface area (Å²) in [5.74, 6) is 0.326. The molecule has 1 aromatic heterocycles. The van der Waals surface area contributed by atoms with E-state index in [1.807, 2.05) is 13.0 Å². The first-order valence-electron chi connectivity index (χ1n) is 11.2. The predicted octanol–water partition coefficient (Wildman–Crippen LogP) is 4.69. The first-order chi connectivity index (χ1) is 16.0. The Morgan fingerprint density at radius 2 is 2.24 bits per heavy atom. The van der Waals surface area contributed by atoms with E-state index >= 15 is 0 Å². The molecule has 3 heterocycles. The summed E-state index contributed by atoms with van der Waals surface area (Å²) < 4.78 is 45.2. The van der Waals surface area contributed by atoms with Gasteiger partial charge in [0.05, 0.1) is 31.0 Å². The fraction of sp³-hybridized carbons (Fsp3) is 0.478. The number of nitrogens with zero attached hydrogens (tertiary/aromatic N) is 2. The average Bonchev–Trinajstić information content (AvgIpc) is 3.17. The van der Waals surface area contributed by atoms with Gasteiger partial charge in [-0.25, -0.2) is 4.39 Å². The third-order valence-electron chi connectivity index (χ3n) is 6.48. The topological polar surface area (TPSA) is 94.6 Å². The van der Waals surface area contributed by atoms with Crippen molar-refractivity contribution in [3.8, 4) is 5.88 Å². The number of aromatic amines is 1. The first kappa shape index (κ1) is 22.6. The number of hydrogen-bond acceptors (Lipinski definition) is 6. The summed E-state index contributed by atoms with van der Waals surface area (Å²) in [7, 11) is 0. The lowest BCUT2D eigenvalue weighted by atomic mass is 9.73. The van der Waals surface area contributed by atoms with Crippen molar-refractivity contribution >= 4 is 28.4 Å². The van der Waals surface area contributed by atoms with Crippen molar-refractivity contribution in [2.75, 3.05) is 18.5 Å². The number of aromatic nitrogens is 2. The standard InChI is InChI=1S/C23H26ClFN4O3S/c1-2-31-23-22(28-33(30)29-23)26-12-15-8-9-16-19(13-6-4-3-5-7-13)27-20-17(21(16)32-15)10-14(24)11-18(20)25/h3-6,10-11,13,15-16,19,21,27H,2,7-9,12H2,1H3,(H,26,28)/t13?,15-,16+,19+,21+,33?/m1/s1. The number of nitrogens with one attached hydrogen (secondary N) is 2. The van der Waals surface area contributed by atoms with Crippen molar-refractivity contribution in [3.05, 3.63) is 58.3 Å². The number of hydrogen-bond donors (Lipinski definition) is 2. The highest BCUT2D eigenvalue weighted by Gasteiger charge is 2.44. The highest BCUT2D eigenvalue weighted by molar-refractivity contribution is 7.13. The molecular formula is C23H26ClFN4O3S. The van der Waals surface area contributed by atoms with Crippen LogP contribution >= 0.6 is 22.7 Å². The Bertz CT molecular complexity index is 1150. The Balaban J connectivity index is 1.42. The molecule has 1 aliphatic carbocycles. The summed E-state index contributed by atoms with van der Waals surface area (Å²) in [4.78, 5) is 4.53. The minimum absolute atomic E-state index is 0.0576. The van der Waals surface area contributed by atoms with Gasteiger partial charge in [-0.15, -0.1) is 4.37 Å². The zero-order chi connectivity index (χ0) is 22.9. The molecule has 3 aliphatic rings. The summed E-state index contributed by atoms with van der Waals surface area (Å²) >= 11 is 4.64. The van der Waals surface area contributed by atoms with Crippen LogP contribution in [0.1, 0.15) is 37.9 Å². The molecule has 0 bridgehead atoms. The third-order valence-corrected chi connectivity index (χ3v) is 7.39. The van der Waals surface area contributed by atoms with Crippen LogP contribution in [0.25, 0.3) is 0 Å². The van der Waals surface area contributed by atoms with E-state index in [1.165, 1.54) is 6.07 Å². The number of allylic oxidation sites excluding steroid dienone is 3. The van der Waals surface area contributed by atoms with E-state index in [-0.39, 0.29) is 41.8 Å². The Labute approximate surface area is 199 Å². The van der Waals surface area contributed by atoms with Crippen molar-refractivity contribution in [1.82, 2.24) is 8.75 Å². The van der Waals surface area contributed by atoms with Crippen molar-refractivity contribution in [2.45, 2.75) is 44.4 Å². The molecule has 2 aromatic rings. The molecule has 6 atom stereocenters. The molecule has 33 heavy (non-hydrogen) atoms. The molecule has 2 unspecified atom stereocenters. The number of anilines is 1. The van der Waals surface area contributed by atoms with Gasteiger partial charge in [0.15, 0.2) is 11.1 Å². The van der Waals surface area contributed by atoms with Gasteiger partial charge in [-0.3, -0.25) is 4.99 Å². The predicted molar refractivity (Wildman–Crippen MR) is 124 cm³/mol. The molecule has 0 spiro atoms. The van der Waals surface area contributed by atoms with Crippen molar-refractivity contribution in [1.29, 1.82) is 0 Å². The molecule has 1 fully saturated rings. The summed E-state index contributed by atoms with van der Waals surface area (Å²) in [6, 6.07) is 3.20. The van der Waals surface area contributed by atoms with Gasteiger partial charge in [-0.2, -0.15) is 0 Å². The fourth-order valence-electron chi connectivity index (χ4n) is 5.04. The summed E-state index contributed by atoms with van der Waals surface area (Å²) in [6.07, 6.45) is 10.6. The van der Waals surface area contributed by atoms with Gasteiger partial charge < -0.3 is 19.3 Å². The third kappa shape index (κ3) is 4.59. The van der Waals surface area contributed by atoms with E-state index in [2.05, 4.69) is 37.3 Å². The first-order valence-corrected chi connectivity index (χ1v) is 12.7. The highest BCUT2D eigenvalue weighted by atomic mass is 35.5. The maximum absolute atomic E-state index is 14.9. The summed E-state index contributed by atoms with van der Waals surface area (Å²) in [5, 5.41) is 3.83. The van der Waals surface area contributed by atoms with E-state index in [0.29, 0.717) is 29.3 Å². The zero-order valence-corrected chi connectivity index (χ0v) is 19.7. The Morgan fingerprint density at radius 3 is 3.03 bits per heavy atom. The Morgan fingerprint density at radius 1 is 1.36 bits per heavy atom. The SMILES string of the molecule is CCOc1n[s+]([O-])[nH]c1=NC[C@H]1CC[C@@H]2[C@H](O1)c1cc(Cl)cc(F)c1N[C@H]2C1C=CC=CC1. The lowest BCUT2D eigenvalue weighted by molar-refractivity contribution is -0.0913. The van der Waals surface area contributed by atoms with Gasteiger partial charge in [-0.1, -0.05) is 35.9 Å². The van der Waals surface area contributed by atoms with E-state index < -0.39 is 11.1 Å². The molecule has 7 nitrogen and oxygen atoms in total. The molecule has 1 saturated heterocycles. The normalized spacial score (nSPS) is 29.4. The van der Waals surface area contributed by atoms with Crippen LogP contribution in [0.5, 0.6) is 5.88 Å². The van der Waals surface area contributed by atoms with Crippen LogP contribution in [0.3, 0.4) is 0 Å². The summed E-state index contributed by atoms with van der Waals surface area (Å²) in [5.41, 5.74) is 1.60. The van der Waals surface area contributed by atoms with Crippen LogP contribution in [0.2, 0.25) is 5.02 Å². The maximum Gasteiger partial charge on any atom is 0.317 e. The van der Waals surface area contributed by atoms with E-state index in [1.54, 1.807) is 6.07 Å². The highest BCUT2D eigenvalue weighted by Crippen LogP contribution is 2.49. The molecule has 5 rings (SSSR count). The van der Waals surface area contributed by atoms with Gasteiger partial charge in [0, 0.05) is 32.8 Å². The number of fused-ring (bicyclic) bond motifs is 3. The van der Waals surface area contributed by atoms with Crippen LogP contribution in [0.15, 0.2) is 41.4 Å². The second kappa shape index (κ2) is 9.58. The minimum Gasteiger partial charge on any atom is -0.548 e. The number of H-pyrrole nitrogens is 1. The van der Waals surface area contributed by atoms with Crippen LogP contribution < -0.4 is 15.5 Å². The van der Waals surface area contributed by atoms with Crippen LogP contribution in [0, 0.1) is 17.7 Å². The maximum atomic E-state index is 14.9. The van der Waals surface area contributed by atoms with Crippen LogP contribution in [-0.2, 0) is 4.74 Å². The molecular weight excluding hydrogens is 467 g/mol. The largest absolute Gasteiger partial charge is 0.548 e. The molecule has 10 heteroatoms. The molecule has 176 valence electrons. The van der Waals surface area contributed by atoms with Gasteiger partial charge in [-0.05, 0) is 38.3 Å². The van der Waals surface area contributed by atoms with E-state index in [9.17, 15) is 8.94 Å². The van der Waals surface area contributed by atoms with Crippen LogP contribution in [-0.4, -0.2) is 38.6 Å². The lowest BCUT2D eigenvalue weighted by Gasteiger charge is -2.47. The van der Waals surface area contributed by atoms with E-state index in [4.69, 9.17) is 21.1 Å². The molecule has 0 saturated carbocycles. The molecule has 2 aliphatic heterocycles. The van der Waals surface area contributed by atoms with Crippen molar-refractivity contribution < 1.29 is 18.4 Å². The van der Waals surface area contributed by atoms with Gasteiger partial charge in [0.2, 0.25) is 5.49 Å². The number of halogens is 2. The number of ether oxygens (including phenoxy) is 2.